The maximum absolute atomic E-state index is 5.81. The van der Waals surface area contributed by atoms with E-state index in [4.69, 9.17) is 10.5 Å². The van der Waals surface area contributed by atoms with Crippen molar-refractivity contribution in [2.24, 2.45) is 0 Å². The SMILES string of the molecule is CCCCCOc1nccc(C)c1N. The number of rotatable bonds is 5. The van der Waals surface area contributed by atoms with Crippen LogP contribution in [-0.2, 0) is 0 Å². The van der Waals surface area contributed by atoms with E-state index in [2.05, 4.69) is 11.9 Å². The zero-order valence-corrected chi connectivity index (χ0v) is 8.92. The molecule has 1 aromatic rings. The zero-order valence-electron chi connectivity index (χ0n) is 8.92. The van der Waals surface area contributed by atoms with Crippen LogP contribution < -0.4 is 10.5 Å². The van der Waals surface area contributed by atoms with Crippen LogP contribution in [-0.4, -0.2) is 11.6 Å². The summed E-state index contributed by atoms with van der Waals surface area (Å²) >= 11 is 0. The van der Waals surface area contributed by atoms with E-state index in [-0.39, 0.29) is 0 Å². The number of aryl methyl sites for hydroxylation is 1. The van der Waals surface area contributed by atoms with Gasteiger partial charge in [0, 0.05) is 6.20 Å². The Morgan fingerprint density at radius 2 is 2.21 bits per heavy atom. The largest absolute Gasteiger partial charge is 0.476 e. The van der Waals surface area contributed by atoms with E-state index >= 15 is 0 Å². The van der Waals surface area contributed by atoms with E-state index in [1.807, 2.05) is 13.0 Å². The van der Waals surface area contributed by atoms with Gasteiger partial charge < -0.3 is 10.5 Å². The van der Waals surface area contributed by atoms with Crippen molar-refractivity contribution >= 4 is 5.69 Å². The molecule has 0 spiro atoms. The molecule has 0 aliphatic rings. The van der Waals surface area contributed by atoms with Gasteiger partial charge in [0.1, 0.15) is 0 Å². The number of nitrogens with two attached hydrogens (primary N) is 1. The second-order valence-corrected chi connectivity index (χ2v) is 3.40. The molecule has 1 heterocycles. The molecule has 0 aliphatic carbocycles. The van der Waals surface area contributed by atoms with Crippen molar-refractivity contribution in [2.45, 2.75) is 33.1 Å². The van der Waals surface area contributed by atoms with Crippen LogP contribution in [0, 0.1) is 6.92 Å². The molecule has 0 aliphatic heterocycles. The van der Waals surface area contributed by atoms with Gasteiger partial charge in [-0.2, -0.15) is 0 Å². The smallest absolute Gasteiger partial charge is 0.237 e. The molecular formula is C11H18N2O. The molecule has 0 bridgehead atoms. The lowest BCUT2D eigenvalue weighted by molar-refractivity contribution is 0.296. The number of hydrogen-bond acceptors (Lipinski definition) is 3. The van der Waals surface area contributed by atoms with Crippen LogP contribution in [0.25, 0.3) is 0 Å². The fourth-order valence-electron chi connectivity index (χ4n) is 1.18. The Bertz CT molecular complexity index is 287. The topological polar surface area (TPSA) is 48.1 Å². The van der Waals surface area contributed by atoms with E-state index in [9.17, 15) is 0 Å². The number of pyridine rings is 1. The second kappa shape index (κ2) is 5.47. The molecule has 0 aromatic carbocycles. The molecule has 1 rings (SSSR count). The average molecular weight is 194 g/mol. The maximum atomic E-state index is 5.81. The summed E-state index contributed by atoms with van der Waals surface area (Å²) in [6.45, 7) is 4.82. The number of ether oxygens (including phenoxy) is 1. The highest BCUT2D eigenvalue weighted by molar-refractivity contribution is 5.53. The van der Waals surface area contributed by atoms with Gasteiger partial charge in [0.2, 0.25) is 5.88 Å². The van der Waals surface area contributed by atoms with Crippen molar-refractivity contribution < 1.29 is 4.74 Å². The molecule has 2 N–H and O–H groups in total. The van der Waals surface area contributed by atoms with E-state index < -0.39 is 0 Å². The molecule has 0 saturated carbocycles. The molecule has 78 valence electrons. The Kier molecular flexibility index (Phi) is 4.23. The van der Waals surface area contributed by atoms with E-state index in [0.29, 0.717) is 18.2 Å². The minimum atomic E-state index is 0.570. The third kappa shape index (κ3) is 2.91. The van der Waals surface area contributed by atoms with Gasteiger partial charge in [0.25, 0.3) is 0 Å². The maximum Gasteiger partial charge on any atom is 0.237 e. The molecule has 1 aromatic heterocycles. The predicted molar refractivity (Wildman–Crippen MR) is 58.4 cm³/mol. The number of anilines is 1. The number of aromatic nitrogens is 1. The van der Waals surface area contributed by atoms with Crippen molar-refractivity contribution in [1.29, 1.82) is 0 Å². The summed E-state index contributed by atoms with van der Waals surface area (Å²) < 4.78 is 5.48. The molecule has 0 radical (unpaired) electrons. The van der Waals surface area contributed by atoms with Crippen LogP contribution >= 0.6 is 0 Å². The highest BCUT2D eigenvalue weighted by Crippen LogP contribution is 2.21. The summed E-state index contributed by atoms with van der Waals surface area (Å²) in [7, 11) is 0. The van der Waals surface area contributed by atoms with Crippen LogP contribution in [0.4, 0.5) is 5.69 Å². The van der Waals surface area contributed by atoms with Crippen LogP contribution in [0.15, 0.2) is 12.3 Å². The van der Waals surface area contributed by atoms with Gasteiger partial charge in [-0.05, 0) is 25.0 Å². The molecule has 0 fully saturated rings. The van der Waals surface area contributed by atoms with Crippen LogP contribution in [0.2, 0.25) is 0 Å². The minimum Gasteiger partial charge on any atom is -0.476 e. The normalized spacial score (nSPS) is 10.1. The summed E-state index contributed by atoms with van der Waals surface area (Å²) in [4.78, 5) is 4.09. The Hall–Kier alpha value is -1.25. The van der Waals surface area contributed by atoms with Crippen molar-refractivity contribution in [3.63, 3.8) is 0 Å². The first-order chi connectivity index (χ1) is 6.75. The first-order valence-corrected chi connectivity index (χ1v) is 5.09. The van der Waals surface area contributed by atoms with Gasteiger partial charge in [-0.25, -0.2) is 4.98 Å². The summed E-state index contributed by atoms with van der Waals surface area (Å²) in [5.74, 6) is 0.570. The van der Waals surface area contributed by atoms with Crippen molar-refractivity contribution in [3.8, 4) is 5.88 Å². The Morgan fingerprint density at radius 1 is 1.43 bits per heavy atom. The number of hydrogen-bond donors (Lipinski definition) is 1. The lowest BCUT2D eigenvalue weighted by Gasteiger charge is -2.08. The zero-order chi connectivity index (χ0) is 10.4. The molecule has 0 unspecified atom stereocenters. The minimum absolute atomic E-state index is 0.570. The van der Waals surface area contributed by atoms with Gasteiger partial charge in [-0.15, -0.1) is 0 Å². The highest BCUT2D eigenvalue weighted by atomic mass is 16.5. The monoisotopic (exact) mass is 194 g/mol. The van der Waals surface area contributed by atoms with E-state index in [1.54, 1.807) is 6.20 Å². The average Bonchev–Trinajstić information content (AvgIpc) is 2.19. The molecule has 3 nitrogen and oxygen atoms in total. The van der Waals surface area contributed by atoms with E-state index in [1.165, 1.54) is 12.8 Å². The van der Waals surface area contributed by atoms with Gasteiger partial charge in [0.15, 0.2) is 0 Å². The molecule has 0 amide bonds. The molecule has 3 heteroatoms. The van der Waals surface area contributed by atoms with Gasteiger partial charge in [0.05, 0.1) is 12.3 Å². The summed E-state index contributed by atoms with van der Waals surface area (Å²) in [6.07, 6.45) is 5.16. The van der Waals surface area contributed by atoms with Crippen LogP contribution in [0.1, 0.15) is 31.7 Å². The van der Waals surface area contributed by atoms with Gasteiger partial charge >= 0.3 is 0 Å². The summed E-state index contributed by atoms with van der Waals surface area (Å²) in [5, 5.41) is 0. The van der Waals surface area contributed by atoms with Gasteiger partial charge in [-0.3, -0.25) is 0 Å². The quantitative estimate of drug-likeness (QED) is 0.733. The first kappa shape index (κ1) is 10.8. The fraction of sp³-hybridized carbons (Fsp3) is 0.545. The number of nitrogens with zero attached hydrogens (tertiary/aromatic N) is 1. The van der Waals surface area contributed by atoms with Crippen molar-refractivity contribution in [2.75, 3.05) is 12.3 Å². The summed E-state index contributed by atoms with van der Waals surface area (Å²) in [5.41, 5.74) is 7.49. The third-order valence-electron chi connectivity index (χ3n) is 2.16. The fourth-order valence-corrected chi connectivity index (χ4v) is 1.18. The van der Waals surface area contributed by atoms with E-state index in [0.717, 1.165) is 12.0 Å². The first-order valence-electron chi connectivity index (χ1n) is 5.09. The lowest BCUT2D eigenvalue weighted by atomic mass is 10.2. The molecular weight excluding hydrogens is 176 g/mol. The Morgan fingerprint density at radius 3 is 2.93 bits per heavy atom. The number of nitrogen functional groups attached to an aromatic ring is 1. The molecule has 0 atom stereocenters. The second-order valence-electron chi connectivity index (χ2n) is 3.40. The van der Waals surface area contributed by atoms with Gasteiger partial charge in [-0.1, -0.05) is 19.8 Å². The standard InChI is InChI=1S/C11H18N2O/c1-3-4-5-8-14-11-10(12)9(2)6-7-13-11/h6-7H,3-5,8,12H2,1-2H3. The van der Waals surface area contributed by atoms with Crippen LogP contribution in [0.5, 0.6) is 5.88 Å². The Balaban J connectivity index is 2.46. The highest BCUT2D eigenvalue weighted by Gasteiger charge is 2.03. The lowest BCUT2D eigenvalue weighted by Crippen LogP contribution is -2.03. The van der Waals surface area contributed by atoms with Crippen LogP contribution in [0.3, 0.4) is 0 Å². The van der Waals surface area contributed by atoms with Crippen molar-refractivity contribution in [3.05, 3.63) is 17.8 Å². The summed E-state index contributed by atoms with van der Waals surface area (Å²) in [6, 6.07) is 1.88. The number of unbranched alkanes of at least 4 members (excludes halogenated alkanes) is 2. The molecule has 14 heavy (non-hydrogen) atoms. The molecule has 0 saturated heterocycles. The predicted octanol–water partition coefficient (Wildman–Crippen LogP) is 2.54. The Labute approximate surface area is 85.3 Å². The third-order valence-corrected chi connectivity index (χ3v) is 2.16. The van der Waals surface area contributed by atoms with Crippen molar-refractivity contribution in [1.82, 2.24) is 4.98 Å².